The van der Waals surface area contributed by atoms with Gasteiger partial charge in [0.25, 0.3) is 0 Å². The van der Waals surface area contributed by atoms with Gasteiger partial charge in [-0.3, -0.25) is 0 Å². The topological polar surface area (TPSA) is 69.7 Å². The highest BCUT2D eigenvalue weighted by Gasteiger charge is 2.29. The second-order valence-electron chi connectivity index (χ2n) is 7.41. The predicted molar refractivity (Wildman–Crippen MR) is 144 cm³/mol. The Kier molecular flexibility index (Phi) is 22.8. The van der Waals surface area contributed by atoms with Crippen LogP contribution in [0.2, 0.25) is 0 Å². The highest BCUT2D eigenvalue weighted by Crippen LogP contribution is 2.24. The fourth-order valence-corrected chi connectivity index (χ4v) is 3.92. The molecule has 1 saturated heterocycles. The van der Waals surface area contributed by atoms with E-state index in [-0.39, 0.29) is 20.6 Å². The summed E-state index contributed by atoms with van der Waals surface area (Å²) in [4.78, 5) is 10.7. The third-order valence-corrected chi connectivity index (χ3v) is 6.52. The van der Waals surface area contributed by atoms with Gasteiger partial charge in [0.2, 0.25) is 0 Å². The highest BCUT2D eigenvalue weighted by molar-refractivity contribution is 9.09. The van der Waals surface area contributed by atoms with Crippen molar-refractivity contribution in [2.75, 3.05) is 30.1 Å². The summed E-state index contributed by atoms with van der Waals surface area (Å²) in [7, 11) is -3.02. The van der Waals surface area contributed by atoms with Gasteiger partial charge in [0.05, 0.1) is 18.1 Å². The molecular formula is C24H44Br2O5S. The van der Waals surface area contributed by atoms with E-state index in [9.17, 15) is 13.2 Å². The van der Waals surface area contributed by atoms with Crippen molar-refractivity contribution in [1.82, 2.24) is 0 Å². The number of rotatable bonds is 9. The first-order chi connectivity index (χ1) is 14.0. The van der Waals surface area contributed by atoms with Crippen molar-refractivity contribution in [1.29, 1.82) is 0 Å². The van der Waals surface area contributed by atoms with Crippen LogP contribution in [0.5, 0.6) is 0 Å². The highest BCUT2D eigenvalue weighted by atomic mass is 79.9. The van der Waals surface area contributed by atoms with Crippen LogP contribution in [0.4, 0.5) is 0 Å². The lowest BCUT2D eigenvalue weighted by Crippen LogP contribution is -2.25. The van der Waals surface area contributed by atoms with Crippen LogP contribution >= 0.6 is 31.9 Å². The Labute approximate surface area is 214 Å². The number of hydrogen-bond donors (Lipinski definition) is 0. The van der Waals surface area contributed by atoms with Crippen molar-refractivity contribution in [3.05, 3.63) is 29.8 Å². The van der Waals surface area contributed by atoms with Gasteiger partial charge in [-0.15, -0.1) is 0 Å². The number of ether oxygens (including phenoxy) is 2. The molecule has 1 aromatic rings. The number of benzene rings is 1. The Morgan fingerprint density at radius 2 is 1.44 bits per heavy atom. The number of sulfone groups is 1. The monoisotopic (exact) mass is 602 g/mol. The fourth-order valence-electron chi connectivity index (χ4n) is 2.50. The van der Waals surface area contributed by atoms with Gasteiger partial charge in [0.1, 0.15) is 5.78 Å². The van der Waals surface area contributed by atoms with Gasteiger partial charge in [-0.2, -0.15) is 0 Å². The van der Waals surface area contributed by atoms with E-state index in [0.717, 1.165) is 55.1 Å². The first-order valence-electron chi connectivity index (χ1n) is 10.2. The zero-order chi connectivity index (χ0) is 23.0. The van der Waals surface area contributed by atoms with Gasteiger partial charge >= 0.3 is 0 Å². The molecule has 0 bridgehead atoms. The molecule has 0 unspecified atom stereocenters. The van der Waals surface area contributed by atoms with Crippen LogP contribution in [-0.4, -0.2) is 50.1 Å². The Bertz CT molecular complexity index is 685. The molecule has 190 valence electrons. The maximum Gasteiger partial charge on any atom is 0.175 e. The number of hydrogen-bond acceptors (Lipinski definition) is 5. The van der Waals surface area contributed by atoms with E-state index in [2.05, 4.69) is 31.9 Å². The summed E-state index contributed by atoms with van der Waals surface area (Å²) in [5.41, 5.74) is 1.07. The average molecular weight is 604 g/mol. The number of alkyl halides is 2. The largest absolute Gasteiger partial charge is 0.348 e. The van der Waals surface area contributed by atoms with Gasteiger partial charge in [-0.05, 0) is 58.6 Å². The van der Waals surface area contributed by atoms with Crippen molar-refractivity contribution >= 4 is 47.5 Å². The SMILES string of the molecule is C.C.CC(=O)CCCCBr.CC1(CCCCBr)OCCO1.Cc1ccc(S(C)(=O)=O)cc1. The second-order valence-corrected chi connectivity index (χ2v) is 11.0. The third kappa shape index (κ3) is 19.2. The molecule has 8 heteroatoms. The molecule has 2 rings (SSSR count). The molecule has 0 aliphatic carbocycles. The van der Waals surface area contributed by atoms with Gasteiger partial charge in [0, 0.05) is 29.8 Å². The third-order valence-electron chi connectivity index (χ3n) is 4.27. The number of Topliss-reactive ketones (excluding diaryl/α,β-unsaturated/α-hetero) is 1. The molecule has 1 fully saturated rings. The maximum absolute atomic E-state index is 10.9. The van der Waals surface area contributed by atoms with Gasteiger partial charge in [0.15, 0.2) is 15.6 Å². The molecule has 0 spiro atoms. The molecule has 1 aliphatic rings. The van der Waals surface area contributed by atoms with Crippen molar-refractivity contribution in [3.8, 4) is 0 Å². The van der Waals surface area contributed by atoms with E-state index >= 15 is 0 Å². The molecule has 1 heterocycles. The molecule has 5 nitrogen and oxygen atoms in total. The summed E-state index contributed by atoms with van der Waals surface area (Å²) in [6.07, 6.45) is 7.46. The predicted octanol–water partition coefficient (Wildman–Crippen LogP) is 7.13. The van der Waals surface area contributed by atoms with E-state index in [1.54, 1.807) is 31.2 Å². The van der Waals surface area contributed by atoms with Crippen LogP contribution < -0.4 is 0 Å². The molecule has 0 N–H and O–H groups in total. The zero-order valence-electron chi connectivity index (χ0n) is 18.6. The number of unbranched alkanes of at least 4 members (excludes halogenated alkanes) is 2. The lowest BCUT2D eigenvalue weighted by molar-refractivity contribution is -0.147. The summed E-state index contributed by atoms with van der Waals surface area (Å²) in [5, 5.41) is 2.09. The minimum absolute atomic E-state index is 0. The first-order valence-corrected chi connectivity index (χ1v) is 14.3. The zero-order valence-corrected chi connectivity index (χ0v) is 22.6. The average Bonchev–Trinajstić information content (AvgIpc) is 3.09. The van der Waals surface area contributed by atoms with Gasteiger partial charge in [-0.25, -0.2) is 8.42 Å². The molecule has 0 saturated carbocycles. The lowest BCUT2D eigenvalue weighted by atomic mass is 10.1. The second kappa shape index (κ2) is 20.1. The van der Waals surface area contributed by atoms with E-state index in [0.29, 0.717) is 10.7 Å². The molecule has 0 aromatic heterocycles. The molecule has 1 aromatic carbocycles. The molecule has 32 heavy (non-hydrogen) atoms. The Morgan fingerprint density at radius 1 is 0.969 bits per heavy atom. The normalized spacial score (nSPS) is 13.9. The number of halogens is 2. The minimum atomic E-state index is -3.02. The quantitative estimate of drug-likeness (QED) is 0.222. The van der Waals surface area contributed by atoms with Crippen molar-refractivity contribution in [2.24, 2.45) is 0 Å². The standard InChI is InChI=1S/C8H15BrO2.C8H10O2S.C6H11BrO.2CH4/c1-8(4-2-3-5-9)10-6-7-11-8;1-7-3-5-8(6-4-7)11(2,9)10;1-6(8)4-2-3-5-7;;/h2-7H2,1H3;3-6H,1-2H3;2-5H2,1H3;2*1H4. The smallest absolute Gasteiger partial charge is 0.175 e. The summed E-state index contributed by atoms with van der Waals surface area (Å²) in [5.74, 6) is 0.0216. The van der Waals surface area contributed by atoms with Crippen LogP contribution in [0.25, 0.3) is 0 Å². The molecular weight excluding hydrogens is 560 g/mol. The van der Waals surface area contributed by atoms with Crippen LogP contribution in [0.3, 0.4) is 0 Å². The van der Waals surface area contributed by atoms with Crippen molar-refractivity contribution < 1.29 is 22.7 Å². The number of ketones is 1. The van der Waals surface area contributed by atoms with Crippen LogP contribution in [-0.2, 0) is 24.1 Å². The Balaban J connectivity index is -0.000000388. The van der Waals surface area contributed by atoms with Gasteiger partial charge < -0.3 is 14.3 Å². The molecule has 0 amide bonds. The van der Waals surface area contributed by atoms with E-state index < -0.39 is 9.84 Å². The molecule has 0 atom stereocenters. The Hall–Kier alpha value is -0.280. The van der Waals surface area contributed by atoms with Crippen LogP contribution in [0, 0.1) is 6.92 Å². The van der Waals surface area contributed by atoms with Crippen molar-refractivity contribution in [3.63, 3.8) is 0 Å². The van der Waals surface area contributed by atoms with Crippen LogP contribution in [0.15, 0.2) is 29.2 Å². The van der Waals surface area contributed by atoms with Crippen molar-refractivity contribution in [2.45, 2.75) is 84.8 Å². The number of carbonyl (C=O) groups is 1. The van der Waals surface area contributed by atoms with Gasteiger partial charge in [-0.1, -0.05) is 64.4 Å². The summed E-state index contributed by atoms with van der Waals surface area (Å²) in [6.45, 7) is 7.09. The lowest BCUT2D eigenvalue weighted by Gasteiger charge is -2.21. The molecule has 1 aliphatic heterocycles. The molecule has 0 radical (unpaired) electrons. The van der Waals surface area contributed by atoms with E-state index in [4.69, 9.17) is 9.47 Å². The van der Waals surface area contributed by atoms with E-state index in [1.165, 1.54) is 19.1 Å². The number of carbonyl (C=O) groups excluding carboxylic acids is 1. The fraction of sp³-hybridized carbons (Fsp3) is 0.708. The van der Waals surface area contributed by atoms with Crippen LogP contribution in [0.1, 0.15) is 72.8 Å². The maximum atomic E-state index is 10.9. The summed E-state index contributed by atoms with van der Waals surface area (Å²) < 4.78 is 32.8. The summed E-state index contributed by atoms with van der Waals surface area (Å²) in [6, 6.07) is 6.81. The summed E-state index contributed by atoms with van der Waals surface area (Å²) >= 11 is 6.68. The first kappa shape index (κ1) is 36.3. The minimum Gasteiger partial charge on any atom is -0.348 e. The van der Waals surface area contributed by atoms with E-state index in [1.807, 2.05) is 13.8 Å². The Morgan fingerprint density at radius 3 is 1.84 bits per heavy atom. The number of aryl methyl sites for hydroxylation is 1.